The molecule has 0 spiro atoms. The molecule has 1 N–H and O–H groups in total. The Bertz CT molecular complexity index is 667. The maximum Gasteiger partial charge on any atom is 0.133 e. The highest BCUT2D eigenvalue weighted by Gasteiger charge is 2.23. The Balaban J connectivity index is 1.59. The molecule has 0 radical (unpaired) electrons. The van der Waals surface area contributed by atoms with E-state index in [0.717, 1.165) is 31.0 Å². The van der Waals surface area contributed by atoms with Gasteiger partial charge in [0.2, 0.25) is 0 Å². The van der Waals surface area contributed by atoms with E-state index in [1.807, 2.05) is 18.3 Å². The number of pyridine rings is 1. The summed E-state index contributed by atoms with van der Waals surface area (Å²) in [7, 11) is 0. The lowest BCUT2D eigenvalue weighted by Crippen LogP contribution is -2.17. The third kappa shape index (κ3) is 2.63. The van der Waals surface area contributed by atoms with Gasteiger partial charge in [0.05, 0.1) is 0 Å². The van der Waals surface area contributed by atoms with Crippen LogP contribution in [-0.4, -0.2) is 17.6 Å². The van der Waals surface area contributed by atoms with Gasteiger partial charge in [0.25, 0.3) is 0 Å². The van der Waals surface area contributed by atoms with Crippen LogP contribution in [0.1, 0.15) is 24.0 Å². The fourth-order valence-electron chi connectivity index (χ4n) is 2.86. The first-order valence-corrected chi connectivity index (χ1v) is 7.54. The SMILES string of the molecule is Fc1ccc2c(c1)N(c1cc(CNC3CC3)ccn1)CC2. The lowest BCUT2D eigenvalue weighted by molar-refractivity contribution is 0.628. The van der Waals surface area contributed by atoms with Gasteiger partial charge in [-0.25, -0.2) is 9.37 Å². The van der Waals surface area contributed by atoms with Crippen LogP contribution in [0.4, 0.5) is 15.9 Å². The zero-order valence-electron chi connectivity index (χ0n) is 11.8. The number of hydrogen-bond donors (Lipinski definition) is 1. The van der Waals surface area contributed by atoms with Crippen LogP contribution in [0.25, 0.3) is 0 Å². The number of hydrogen-bond acceptors (Lipinski definition) is 3. The minimum atomic E-state index is -0.188. The molecule has 1 aromatic heterocycles. The highest BCUT2D eigenvalue weighted by molar-refractivity contribution is 5.67. The standard InChI is InChI=1S/C17H18FN3/c18-14-2-1-13-6-8-21(16(13)10-14)17-9-12(5-7-19-17)11-20-15-3-4-15/h1-2,5,7,9-10,15,20H,3-4,6,8,11H2. The average molecular weight is 283 g/mol. The van der Waals surface area contributed by atoms with Crippen LogP contribution in [0, 0.1) is 5.82 Å². The Labute approximate surface area is 123 Å². The molecule has 4 heteroatoms. The minimum Gasteiger partial charge on any atom is -0.326 e. The smallest absolute Gasteiger partial charge is 0.133 e. The number of rotatable bonds is 4. The van der Waals surface area contributed by atoms with Crippen LogP contribution in [0.3, 0.4) is 0 Å². The number of fused-ring (bicyclic) bond motifs is 1. The molecule has 1 aliphatic carbocycles. The van der Waals surface area contributed by atoms with E-state index in [4.69, 9.17) is 0 Å². The van der Waals surface area contributed by atoms with Crippen molar-refractivity contribution in [2.45, 2.75) is 31.8 Å². The fraction of sp³-hybridized carbons (Fsp3) is 0.353. The van der Waals surface area contributed by atoms with Crippen LogP contribution < -0.4 is 10.2 Å². The molecular formula is C17H18FN3. The van der Waals surface area contributed by atoms with Crippen molar-refractivity contribution >= 4 is 11.5 Å². The predicted octanol–water partition coefficient (Wildman–Crippen LogP) is 3.17. The van der Waals surface area contributed by atoms with Gasteiger partial charge in [0.15, 0.2) is 0 Å². The van der Waals surface area contributed by atoms with Gasteiger partial charge in [-0.3, -0.25) is 0 Å². The number of benzene rings is 1. The predicted molar refractivity (Wildman–Crippen MR) is 81.2 cm³/mol. The maximum atomic E-state index is 13.5. The molecular weight excluding hydrogens is 265 g/mol. The van der Waals surface area contributed by atoms with Crippen LogP contribution >= 0.6 is 0 Å². The normalized spacial score (nSPS) is 17.1. The van der Waals surface area contributed by atoms with E-state index in [2.05, 4.69) is 21.3 Å². The Morgan fingerprint density at radius 3 is 3.00 bits per heavy atom. The first kappa shape index (κ1) is 12.8. The van der Waals surface area contributed by atoms with E-state index >= 15 is 0 Å². The van der Waals surface area contributed by atoms with E-state index in [-0.39, 0.29) is 5.82 Å². The van der Waals surface area contributed by atoms with Crippen LogP contribution in [0.5, 0.6) is 0 Å². The zero-order valence-corrected chi connectivity index (χ0v) is 11.8. The summed E-state index contributed by atoms with van der Waals surface area (Å²) in [5.41, 5.74) is 3.38. The van der Waals surface area contributed by atoms with Crippen molar-refractivity contribution in [2.75, 3.05) is 11.4 Å². The first-order chi connectivity index (χ1) is 10.3. The number of anilines is 2. The van der Waals surface area contributed by atoms with E-state index < -0.39 is 0 Å². The summed E-state index contributed by atoms with van der Waals surface area (Å²) in [6.45, 7) is 1.75. The number of nitrogens with one attached hydrogen (secondary N) is 1. The summed E-state index contributed by atoms with van der Waals surface area (Å²) in [5.74, 6) is 0.724. The van der Waals surface area contributed by atoms with Crippen molar-refractivity contribution in [3.63, 3.8) is 0 Å². The quantitative estimate of drug-likeness (QED) is 0.934. The molecule has 0 amide bonds. The molecule has 2 heterocycles. The van der Waals surface area contributed by atoms with Crippen molar-refractivity contribution in [3.05, 3.63) is 53.5 Å². The summed E-state index contributed by atoms with van der Waals surface area (Å²) in [4.78, 5) is 6.58. The lowest BCUT2D eigenvalue weighted by Gasteiger charge is -2.19. The third-order valence-corrected chi connectivity index (χ3v) is 4.20. The van der Waals surface area contributed by atoms with Crippen LogP contribution in [0.2, 0.25) is 0 Å². The fourth-order valence-corrected chi connectivity index (χ4v) is 2.86. The molecule has 2 aliphatic rings. The monoisotopic (exact) mass is 283 g/mol. The molecule has 0 bridgehead atoms. The summed E-state index contributed by atoms with van der Waals surface area (Å²) in [6.07, 6.45) is 5.37. The molecule has 4 rings (SSSR count). The van der Waals surface area contributed by atoms with Crippen LogP contribution in [-0.2, 0) is 13.0 Å². The molecule has 0 unspecified atom stereocenters. The molecule has 21 heavy (non-hydrogen) atoms. The molecule has 108 valence electrons. The Kier molecular flexibility index (Phi) is 3.11. The molecule has 1 aromatic carbocycles. The van der Waals surface area contributed by atoms with Gasteiger partial charge in [0.1, 0.15) is 11.6 Å². The second-order valence-electron chi connectivity index (χ2n) is 5.85. The number of nitrogens with zero attached hydrogens (tertiary/aromatic N) is 2. The van der Waals surface area contributed by atoms with Crippen molar-refractivity contribution in [1.82, 2.24) is 10.3 Å². The lowest BCUT2D eigenvalue weighted by atomic mass is 10.1. The third-order valence-electron chi connectivity index (χ3n) is 4.20. The molecule has 1 saturated carbocycles. The van der Waals surface area contributed by atoms with Crippen molar-refractivity contribution < 1.29 is 4.39 Å². The minimum absolute atomic E-state index is 0.188. The molecule has 1 aliphatic heterocycles. The summed E-state index contributed by atoms with van der Waals surface area (Å²) in [5, 5.41) is 3.51. The van der Waals surface area contributed by atoms with E-state index in [1.165, 1.54) is 30.0 Å². The maximum absolute atomic E-state index is 13.5. The van der Waals surface area contributed by atoms with Crippen molar-refractivity contribution in [2.24, 2.45) is 0 Å². The van der Waals surface area contributed by atoms with Gasteiger partial charge in [-0.05, 0) is 54.7 Å². The number of aromatic nitrogens is 1. The summed E-state index contributed by atoms with van der Waals surface area (Å²) >= 11 is 0. The summed E-state index contributed by atoms with van der Waals surface area (Å²) < 4.78 is 13.5. The second-order valence-corrected chi connectivity index (χ2v) is 5.85. The van der Waals surface area contributed by atoms with Crippen LogP contribution in [0.15, 0.2) is 36.5 Å². The largest absolute Gasteiger partial charge is 0.326 e. The molecule has 0 saturated heterocycles. The topological polar surface area (TPSA) is 28.2 Å². The molecule has 3 nitrogen and oxygen atoms in total. The van der Waals surface area contributed by atoms with Gasteiger partial charge in [-0.2, -0.15) is 0 Å². The van der Waals surface area contributed by atoms with Gasteiger partial charge < -0.3 is 10.2 Å². The van der Waals surface area contributed by atoms with E-state index in [1.54, 1.807) is 6.07 Å². The van der Waals surface area contributed by atoms with E-state index in [9.17, 15) is 4.39 Å². The Morgan fingerprint density at radius 1 is 1.24 bits per heavy atom. The summed E-state index contributed by atoms with van der Waals surface area (Å²) in [6, 6.07) is 9.87. The van der Waals surface area contributed by atoms with Gasteiger partial charge in [-0.15, -0.1) is 0 Å². The first-order valence-electron chi connectivity index (χ1n) is 7.54. The highest BCUT2D eigenvalue weighted by Crippen LogP contribution is 2.34. The van der Waals surface area contributed by atoms with Crippen molar-refractivity contribution in [1.29, 1.82) is 0 Å². The Morgan fingerprint density at radius 2 is 2.14 bits per heavy atom. The number of halogens is 1. The zero-order chi connectivity index (χ0) is 14.2. The highest BCUT2D eigenvalue weighted by atomic mass is 19.1. The van der Waals surface area contributed by atoms with Gasteiger partial charge in [-0.1, -0.05) is 6.07 Å². The molecule has 1 fully saturated rings. The molecule has 2 aromatic rings. The van der Waals surface area contributed by atoms with E-state index in [0.29, 0.717) is 6.04 Å². The van der Waals surface area contributed by atoms with Crippen molar-refractivity contribution in [3.8, 4) is 0 Å². The van der Waals surface area contributed by atoms with Gasteiger partial charge >= 0.3 is 0 Å². The second kappa shape index (κ2) is 5.11. The van der Waals surface area contributed by atoms with Gasteiger partial charge in [0, 0.05) is 31.0 Å². The Hall–Kier alpha value is -1.94. The molecule has 0 atom stereocenters. The average Bonchev–Trinajstić information content (AvgIpc) is 3.24.